The van der Waals surface area contributed by atoms with Gasteiger partial charge in [-0.05, 0) is 25.1 Å². The van der Waals surface area contributed by atoms with Crippen LogP contribution in [0.2, 0.25) is 0 Å². The molecule has 0 fully saturated rings. The molecule has 0 radical (unpaired) electrons. The molecule has 3 rings (SSSR count). The van der Waals surface area contributed by atoms with E-state index < -0.39 is 0 Å². The molecule has 0 atom stereocenters. The Hall–Kier alpha value is -2.14. The van der Waals surface area contributed by atoms with Crippen LogP contribution in [0.3, 0.4) is 0 Å². The van der Waals surface area contributed by atoms with E-state index in [1.54, 1.807) is 17.4 Å². The van der Waals surface area contributed by atoms with Crippen molar-refractivity contribution < 1.29 is 9.21 Å². The Morgan fingerprint density at radius 3 is 2.95 bits per heavy atom. The summed E-state index contributed by atoms with van der Waals surface area (Å²) in [6, 6.07) is 9.82. The number of furan rings is 1. The zero-order valence-electron chi connectivity index (χ0n) is 11.1. The lowest BCUT2D eigenvalue weighted by Gasteiger charge is -2.01. The third-order valence-electron chi connectivity index (χ3n) is 3.03. The van der Waals surface area contributed by atoms with Gasteiger partial charge in [-0.3, -0.25) is 4.79 Å². The second kappa shape index (κ2) is 5.46. The molecule has 1 amide bonds. The quantitative estimate of drug-likeness (QED) is 0.801. The van der Waals surface area contributed by atoms with Crippen LogP contribution in [0, 0.1) is 6.92 Å². The lowest BCUT2D eigenvalue weighted by Crippen LogP contribution is -2.25. The van der Waals surface area contributed by atoms with Gasteiger partial charge in [-0.2, -0.15) is 0 Å². The molecule has 0 unspecified atom stereocenters. The molecule has 5 heteroatoms. The Morgan fingerprint density at radius 1 is 1.35 bits per heavy atom. The summed E-state index contributed by atoms with van der Waals surface area (Å²) in [4.78, 5) is 16.4. The summed E-state index contributed by atoms with van der Waals surface area (Å²) in [7, 11) is 0. The summed E-state index contributed by atoms with van der Waals surface area (Å²) < 4.78 is 6.33. The predicted molar refractivity (Wildman–Crippen MR) is 79.1 cm³/mol. The number of amides is 1. The molecule has 2 aromatic heterocycles. The fourth-order valence-corrected chi connectivity index (χ4v) is 2.96. The van der Waals surface area contributed by atoms with Crippen molar-refractivity contribution in [3.63, 3.8) is 0 Å². The van der Waals surface area contributed by atoms with Crippen molar-refractivity contribution in [2.45, 2.75) is 13.3 Å². The molecule has 0 aliphatic rings. The van der Waals surface area contributed by atoms with E-state index in [0.717, 1.165) is 22.5 Å². The summed E-state index contributed by atoms with van der Waals surface area (Å²) in [6.07, 6.45) is 2.25. The monoisotopic (exact) mass is 286 g/mol. The average Bonchev–Trinajstić information content (AvgIpc) is 3.04. The molecule has 0 aliphatic heterocycles. The van der Waals surface area contributed by atoms with Gasteiger partial charge in [0.2, 0.25) is 0 Å². The molecule has 20 heavy (non-hydrogen) atoms. The number of benzene rings is 1. The number of nitrogens with zero attached hydrogens (tertiary/aromatic N) is 1. The molecule has 0 aliphatic carbocycles. The largest absolute Gasteiger partial charge is 0.459 e. The number of carbonyl (C=O) groups is 1. The average molecular weight is 286 g/mol. The van der Waals surface area contributed by atoms with Crippen LogP contribution in [0.1, 0.15) is 21.1 Å². The predicted octanol–water partition coefficient (Wildman–Crippen LogP) is 3.17. The molecule has 0 saturated carbocycles. The Balaban J connectivity index is 1.60. The van der Waals surface area contributed by atoms with Crippen LogP contribution in [0.4, 0.5) is 0 Å². The van der Waals surface area contributed by atoms with E-state index in [1.807, 2.05) is 25.1 Å². The number of fused-ring (bicyclic) bond motifs is 1. The van der Waals surface area contributed by atoms with Gasteiger partial charge >= 0.3 is 0 Å². The highest BCUT2D eigenvalue weighted by atomic mass is 32.1. The highest BCUT2D eigenvalue weighted by Crippen LogP contribution is 2.21. The van der Waals surface area contributed by atoms with E-state index in [2.05, 4.69) is 16.4 Å². The van der Waals surface area contributed by atoms with Crippen molar-refractivity contribution in [2.75, 3.05) is 6.54 Å². The second-order valence-corrected chi connectivity index (χ2v) is 5.63. The summed E-state index contributed by atoms with van der Waals surface area (Å²) in [5.74, 6) is 0.211. The lowest BCUT2D eigenvalue weighted by atomic mass is 10.2. The van der Waals surface area contributed by atoms with Crippen molar-refractivity contribution in [3.8, 4) is 0 Å². The van der Waals surface area contributed by atoms with E-state index in [4.69, 9.17) is 4.42 Å². The van der Waals surface area contributed by atoms with Crippen LogP contribution < -0.4 is 5.32 Å². The standard InChI is InChI=1S/C15H14N2O2S/c1-10-7-9-19-14(10)15(18)16-8-6-13-17-11-4-2-3-5-12(11)20-13/h2-5,7,9H,6,8H2,1H3,(H,16,18). The molecular weight excluding hydrogens is 272 g/mol. The third kappa shape index (κ3) is 2.58. The number of hydrogen-bond acceptors (Lipinski definition) is 4. The summed E-state index contributed by atoms with van der Waals surface area (Å²) in [5, 5.41) is 3.88. The van der Waals surface area contributed by atoms with Crippen LogP contribution in [0.5, 0.6) is 0 Å². The minimum Gasteiger partial charge on any atom is -0.459 e. The number of hydrogen-bond donors (Lipinski definition) is 1. The molecule has 0 saturated heterocycles. The summed E-state index contributed by atoms with van der Waals surface area (Å²) in [5.41, 5.74) is 1.86. The second-order valence-electron chi connectivity index (χ2n) is 4.51. The topological polar surface area (TPSA) is 55.1 Å². The first-order chi connectivity index (χ1) is 9.74. The van der Waals surface area contributed by atoms with Crippen LogP contribution >= 0.6 is 11.3 Å². The van der Waals surface area contributed by atoms with Gasteiger partial charge in [0.25, 0.3) is 5.91 Å². The number of para-hydroxylation sites is 1. The maximum Gasteiger partial charge on any atom is 0.287 e. The van der Waals surface area contributed by atoms with Gasteiger partial charge in [-0.1, -0.05) is 12.1 Å². The minimum absolute atomic E-state index is 0.173. The van der Waals surface area contributed by atoms with Crippen molar-refractivity contribution >= 4 is 27.5 Å². The minimum atomic E-state index is -0.173. The first kappa shape index (κ1) is 12.9. The van der Waals surface area contributed by atoms with Crippen molar-refractivity contribution in [2.24, 2.45) is 0 Å². The Kier molecular flexibility index (Phi) is 3.52. The number of thiazole rings is 1. The van der Waals surface area contributed by atoms with Crippen molar-refractivity contribution in [1.29, 1.82) is 0 Å². The van der Waals surface area contributed by atoms with Crippen molar-refractivity contribution in [1.82, 2.24) is 10.3 Å². The Labute approximate surface area is 120 Å². The normalized spacial score (nSPS) is 10.8. The van der Waals surface area contributed by atoms with Gasteiger partial charge in [-0.25, -0.2) is 4.98 Å². The zero-order valence-corrected chi connectivity index (χ0v) is 11.9. The fourth-order valence-electron chi connectivity index (χ4n) is 2.00. The molecular formula is C15H14N2O2S. The van der Waals surface area contributed by atoms with E-state index in [0.29, 0.717) is 12.3 Å². The highest BCUT2D eigenvalue weighted by molar-refractivity contribution is 7.18. The van der Waals surface area contributed by atoms with Gasteiger partial charge in [0.05, 0.1) is 21.5 Å². The van der Waals surface area contributed by atoms with Crippen LogP contribution in [0.15, 0.2) is 41.0 Å². The number of aromatic nitrogens is 1. The molecule has 0 spiro atoms. The molecule has 102 valence electrons. The number of rotatable bonds is 4. The third-order valence-corrected chi connectivity index (χ3v) is 4.13. The maximum atomic E-state index is 11.9. The molecule has 2 heterocycles. The Bertz CT molecular complexity index is 712. The zero-order chi connectivity index (χ0) is 13.9. The fraction of sp³-hybridized carbons (Fsp3) is 0.200. The first-order valence-electron chi connectivity index (χ1n) is 6.41. The Morgan fingerprint density at radius 2 is 2.20 bits per heavy atom. The number of carbonyl (C=O) groups excluding carboxylic acids is 1. The highest BCUT2D eigenvalue weighted by Gasteiger charge is 2.12. The van der Waals surface area contributed by atoms with Gasteiger partial charge in [0.15, 0.2) is 5.76 Å². The summed E-state index contributed by atoms with van der Waals surface area (Å²) in [6.45, 7) is 2.41. The van der Waals surface area contributed by atoms with E-state index in [9.17, 15) is 4.79 Å². The lowest BCUT2D eigenvalue weighted by molar-refractivity contribution is 0.0925. The first-order valence-corrected chi connectivity index (χ1v) is 7.22. The molecule has 1 N–H and O–H groups in total. The van der Waals surface area contributed by atoms with Crippen LogP contribution in [0.25, 0.3) is 10.2 Å². The van der Waals surface area contributed by atoms with Gasteiger partial charge in [0, 0.05) is 18.5 Å². The molecule has 4 nitrogen and oxygen atoms in total. The molecule has 3 aromatic rings. The van der Waals surface area contributed by atoms with Gasteiger partial charge < -0.3 is 9.73 Å². The van der Waals surface area contributed by atoms with E-state index >= 15 is 0 Å². The van der Waals surface area contributed by atoms with Crippen LogP contribution in [-0.2, 0) is 6.42 Å². The van der Waals surface area contributed by atoms with Gasteiger partial charge in [0.1, 0.15) is 0 Å². The van der Waals surface area contributed by atoms with E-state index in [-0.39, 0.29) is 5.91 Å². The SMILES string of the molecule is Cc1ccoc1C(=O)NCCc1nc2ccccc2s1. The molecule has 1 aromatic carbocycles. The number of aryl methyl sites for hydroxylation is 1. The van der Waals surface area contributed by atoms with Gasteiger partial charge in [-0.15, -0.1) is 11.3 Å². The molecule has 0 bridgehead atoms. The van der Waals surface area contributed by atoms with E-state index in [1.165, 1.54) is 11.0 Å². The van der Waals surface area contributed by atoms with Crippen LogP contribution in [-0.4, -0.2) is 17.4 Å². The van der Waals surface area contributed by atoms with Crippen molar-refractivity contribution in [3.05, 3.63) is 52.9 Å². The number of nitrogens with one attached hydrogen (secondary N) is 1. The smallest absolute Gasteiger partial charge is 0.287 e. The maximum absolute atomic E-state index is 11.9. The summed E-state index contributed by atoms with van der Waals surface area (Å²) >= 11 is 1.66.